The van der Waals surface area contributed by atoms with Crippen LogP contribution in [0, 0.1) is 5.92 Å². The van der Waals surface area contributed by atoms with Crippen molar-refractivity contribution in [1.29, 1.82) is 0 Å². The summed E-state index contributed by atoms with van der Waals surface area (Å²) in [7, 11) is 0. The maximum atomic E-state index is 13.4. The van der Waals surface area contributed by atoms with Crippen LogP contribution < -0.4 is 0 Å². The molecule has 2 aromatic carbocycles. The van der Waals surface area contributed by atoms with Gasteiger partial charge in [0.15, 0.2) is 0 Å². The first-order chi connectivity index (χ1) is 18.4. The molecule has 2 saturated heterocycles. The number of carbonyl (C=O) groups is 1. The first kappa shape index (κ1) is 26.9. The molecular formula is C31H39BrN4O2. The number of aryl methyl sites for hydroxylation is 1. The number of amides is 1. The van der Waals surface area contributed by atoms with Crippen LogP contribution in [0.5, 0.6) is 0 Å². The van der Waals surface area contributed by atoms with Crippen molar-refractivity contribution in [3.05, 3.63) is 70.3 Å². The summed E-state index contributed by atoms with van der Waals surface area (Å²) in [5, 5.41) is 5.73. The molecule has 7 heteroatoms. The van der Waals surface area contributed by atoms with Crippen molar-refractivity contribution in [3.63, 3.8) is 0 Å². The van der Waals surface area contributed by atoms with Crippen LogP contribution >= 0.6 is 15.9 Å². The van der Waals surface area contributed by atoms with E-state index in [0.717, 1.165) is 85.2 Å². The van der Waals surface area contributed by atoms with Gasteiger partial charge in [-0.2, -0.15) is 0 Å². The lowest BCUT2D eigenvalue weighted by molar-refractivity contribution is 0.0161. The zero-order valence-corrected chi connectivity index (χ0v) is 24.4. The van der Waals surface area contributed by atoms with Gasteiger partial charge in [-0.05, 0) is 101 Å². The minimum absolute atomic E-state index is 0.122. The number of hydrogen-bond acceptors (Lipinski definition) is 4. The second-order valence-corrected chi connectivity index (χ2v) is 11.7. The zero-order valence-electron chi connectivity index (χ0n) is 22.8. The molecule has 0 unspecified atom stereocenters. The number of likely N-dealkylation sites (tertiary alicyclic amines) is 2. The van der Waals surface area contributed by atoms with Crippen LogP contribution in [0.2, 0.25) is 0 Å². The SMILES string of the molecule is CCON=C(c1ccc(Br)cc1)C1CCN(C2(C)CCN(C(=O)c3ccc4ccn(CC)c4c3)CC2)CC1. The number of halogens is 1. The van der Waals surface area contributed by atoms with Crippen LogP contribution in [-0.4, -0.2) is 64.3 Å². The highest BCUT2D eigenvalue weighted by Gasteiger charge is 2.39. The van der Waals surface area contributed by atoms with Gasteiger partial charge in [0.2, 0.25) is 0 Å². The standard InChI is InChI=1S/C31H39BrN4O2/c1-4-34-17-12-23-6-7-26(22-28(23)34)30(37)35-20-15-31(3,16-21-35)36-18-13-25(14-19-36)29(33-38-5-2)24-8-10-27(32)11-9-24/h6-12,17,22,25H,4-5,13-16,18-21H2,1-3H3. The van der Waals surface area contributed by atoms with Gasteiger partial charge in [-0.3, -0.25) is 9.69 Å². The van der Waals surface area contributed by atoms with Gasteiger partial charge in [-0.25, -0.2) is 0 Å². The lowest BCUT2D eigenvalue weighted by Crippen LogP contribution is -2.56. The average molecular weight is 580 g/mol. The summed E-state index contributed by atoms with van der Waals surface area (Å²) < 4.78 is 3.27. The number of nitrogens with zero attached hydrogens (tertiary/aromatic N) is 4. The van der Waals surface area contributed by atoms with Crippen molar-refractivity contribution in [2.45, 2.75) is 58.5 Å². The van der Waals surface area contributed by atoms with E-state index < -0.39 is 0 Å². The molecule has 6 nitrogen and oxygen atoms in total. The lowest BCUT2D eigenvalue weighted by Gasteiger charge is -2.49. The molecule has 1 aromatic heterocycles. The van der Waals surface area contributed by atoms with Gasteiger partial charge in [0, 0.05) is 52.8 Å². The van der Waals surface area contributed by atoms with Crippen molar-refractivity contribution < 1.29 is 9.63 Å². The second kappa shape index (κ2) is 11.6. The molecule has 0 atom stereocenters. The number of carbonyl (C=O) groups excluding carboxylic acids is 1. The summed E-state index contributed by atoms with van der Waals surface area (Å²) in [6, 6.07) is 16.6. The van der Waals surface area contributed by atoms with Crippen molar-refractivity contribution in [1.82, 2.24) is 14.4 Å². The highest BCUT2D eigenvalue weighted by atomic mass is 79.9. The Kier molecular flexibility index (Phi) is 8.24. The van der Waals surface area contributed by atoms with Gasteiger partial charge in [-0.15, -0.1) is 0 Å². The Hall–Kier alpha value is -2.64. The topological polar surface area (TPSA) is 50.1 Å². The number of oxime groups is 1. The molecular weight excluding hydrogens is 540 g/mol. The van der Waals surface area contributed by atoms with Gasteiger partial charge in [0.1, 0.15) is 6.61 Å². The quantitative estimate of drug-likeness (QED) is 0.235. The Morgan fingerprint density at radius 3 is 2.34 bits per heavy atom. The Balaban J connectivity index is 1.20. The van der Waals surface area contributed by atoms with Gasteiger partial charge in [0.25, 0.3) is 5.91 Å². The largest absolute Gasteiger partial charge is 0.396 e. The molecule has 1 amide bonds. The summed E-state index contributed by atoms with van der Waals surface area (Å²) in [5.41, 5.74) is 4.26. The molecule has 2 aliphatic heterocycles. The smallest absolute Gasteiger partial charge is 0.253 e. The Morgan fingerprint density at radius 1 is 1.00 bits per heavy atom. The number of fused-ring (bicyclic) bond motifs is 1. The first-order valence-electron chi connectivity index (χ1n) is 14.0. The molecule has 38 heavy (non-hydrogen) atoms. The van der Waals surface area contributed by atoms with Gasteiger partial charge >= 0.3 is 0 Å². The Labute approximate surface area is 234 Å². The van der Waals surface area contributed by atoms with Crippen LogP contribution in [0.1, 0.15) is 62.4 Å². The minimum Gasteiger partial charge on any atom is -0.396 e. The third-order valence-electron chi connectivity index (χ3n) is 8.57. The average Bonchev–Trinajstić information content (AvgIpc) is 3.37. The molecule has 0 bridgehead atoms. The van der Waals surface area contributed by atoms with Crippen molar-refractivity contribution in [3.8, 4) is 0 Å². The molecule has 2 fully saturated rings. The van der Waals surface area contributed by atoms with Crippen LogP contribution in [0.4, 0.5) is 0 Å². The van der Waals surface area contributed by atoms with E-state index >= 15 is 0 Å². The van der Waals surface area contributed by atoms with Gasteiger partial charge in [-0.1, -0.05) is 39.3 Å². The molecule has 3 heterocycles. The van der Waals surface area contributed by atoms with Gasteiger partial charge < -0.3 is 14.3 Å². The van der Waals surface area contributed by atoms with Crippen LogP contribution in [0.25, 0.3) is 10.9 Å². The third kappa shape index (κ3) is 5.55. The van der Waals surface area contributed by atoms with E-state index in [0.29, 0.717) is 12.5 Å². The van der Waals surface area contributed by atoms with Crippen LogP contribution in [0.15, 0.2) is 64.4 Å². The lowest BCUT2D eigenvalue weighted by atomic mass is 9.82. The third-order valence-corrected chi connectivity index (χ3v) is 9.10. The molecule has 202 valence electrons. The highest BCUT2D eigenvalue weighted by molar-refractivity contribution is 9.10. The van der Waals surface area contributed by atoms with E-state index in [9.17, 15) is 4.79 Å². The van der Waals surface area contributed by atoms with Crippen molar-refractivity contribution >= 4 is 38.5 Å². The molecule has 0 saturated carbocycles. The number of benzene rings is 2. The normalized spacial score (nSPS) is 19.2. The molecule has 0 radical (unpaired) electrons. The number of piperidine rings is 2. The molecule has 0 spiro atoms. The van der Waals surface area contributed by atoms with E-state index in [2.05, 4.69) is 98.0 Å². The fraction of sp³-hybridized carbons (Fsp3) is 0.484. The number of rotatable bonds is 7. The molecule has 0 N–H and O–H groups in total. The predicted octanol–water partition coefficient (Wildman–Crippen LogP) is 6.57. The molecule has 0 aliphatic carbocycles. The van der Waals surface area contributed by atoms with E-state index in [4.69, 9.17) is 4.84 Å². The number of aromatic nitrogens is 1. The monoisotopic (exact) mass is 578 g/mol. The summed E-state index contributed by atoms with van der Waals surface area (Å²) in [6.07, 6.45) is 6.24. The molecule has 5 rings (SSSR count). The second-order valence-electron chi connectivity index (χ2n) is 10.8. The first-order valence-corrected chi connectivity index (χ1v) is 14.8. The summed E-state index contributed by atoms with van der Waals surface area (Å²) >= 11 is 3.54. The Morgan fingerprint density at radius 2 is 1.68 bits per heavy atom. The molecule has 2 aliphatic rings. The Bertz CT molecular complexity index is 1280. The van der Waals surface area contributed by atoms with Crippen LogP contribution in [0.3, 0.4) is 0 Å². The maximum Gasteiger partial charge on any atom is 0.253 e. The predicted molar refractivity (Wildman–Crippen MR) is 158 cm³/mol. The van der Waals surface area contributed by atoms with Crippen molar-refractivity contribution in [2.75, 3.05) is 32.8 Å². The zero-order chi connectivity index (χ0) is 26.7. The summed E-state index contributed by atoms with van der Waals surface area (Å²) in [5.74, 6) is 0.545. The highest BCUT2D eigenvalue weighted by Crippen LogP contribution is 2.34. The maximum absolute atomic E-state index is 13.4. The van der Waals surface area contributed by atoms with E-state index in [1.807, 2.05) is 13.0 Å². The summed E-state index contributed by atoms with van der Waals surface area (Å²) in [4.78, 5) is 23.6. The summed E-state index contributed by atoms with van der Waals surface area (Å²) in [6.45, 7) is 11.7. The van der Waals surface area contributed by atoms with Crippen molar-refractivity contribution in [2.24, 2.45) is 11.1 Å². The van der Waals surface area contributed by atoms with E-state index in [1.54, 1.807) is 0 Å². The minimum atomic E-state index is 0.122. The molecule has 3 aromatic rings. The van der Waals surface area contributed by atoms with Crippen LogP contribution in [-0.2, 0) is 11.4 Å². The fourth-order valence-corrected chi connectivity index (χ4v) is 6.36. The van der Waals surface area contributed by atoms with E-state index in [1.165, 1.54) is 5.39 Å². The van der Waals surface area contributed by atoms with Gasteiger partial charge in [0.05, 0.1) is 5.71 Å². The van der Waals surface area contributed by atoms with E-state index in [-0.39, 0.29) is 11.4 Å². The fourth-order valence-electron chi connectivity index (χ4n) is 6.09. The number of hydrogen-bond donors (Lipinski definition) is 0.